The third kappa shape index (κ3) is 3.83. The van der Waals surface area contributed by atoms with Crippen molar-refractivity contribution in [2.24, 2.45) is 11.1 Å². The molecule has 0 aliphatic rings. The highest BCUT2D eigenvalue weighted by atomic mass is 16.5. The molecule has 1 unspecified atom stereocenters. The molecule has 1 heterocycles. The van der Waals surface area contributed by atoms with Gasteiger partial charge in [0.2, 0.25) is 0 Å². The second-order valence-electron chi connectivity index (χ2n) is 5.94. The maximum absolute atomic E-state index is 12.7. The second kappa shape index (κ2) is 7.17. The number of hydrogen-bond acceptors (Lipinski definition) is 5. The molecule has 1 aromatic carbocycles. The first-order valence-electron chi connectivity index (χ1n) is 7.54. The number of aromatic nitrogens is 1. The summed E-state index contributed by atoms with van der Waals surface area (Å²) in [5.41, 5.74) is 0.0259. The number of nitrogens with zero attached hydrogens (tertiary/aromatic N) is 2. The van der Waals surface area contributed by atoms with Crippen molar-refractivity contribution >= 4 is 22.4 Å². The fraction of sp³-hybridized carbons (Fsp3) is 0.412. The van der Waals surface area contributed by atoms with Crippen molar-refractivity contribution in [1.29, 1.82) is 0 Å². The van der Waals surface area contributed by atoms with Gasteiger partial charge in [0.15, 0.2) is 0 Å². The molecule has 0 radical (unpaired) electrons. The number of pyridine rings is 1. The van der Waals surface area contributed by atoms with E-state index in [1.807, 2.05) is 13.8 Å². The lowest BCUT2D eigenvalue weighted by Gasteiger charge is -2.21. The van der Waals surface area contributed by atoms with Crippen LogP contribution in [-0.2, 0) is 9.53 Å². The molecule has 0 aliphatic carbocycles. The summed E-state index contributed by atoms with van der Waals surface area (Å²) >= 11 is 0. The van der Waals surface area contributed by atoms with Crippen LogP contribution in [0.15, 0.2) is 40.4 Å². The Hall–Kier alpha value is -2.50. The molecule has 2 aromatic rings. The summed E-state index contributed by atoms with van der Waals surface area (Å²) in [5.74, 6) is -0.0406. The van der Waals surface area contributed by atoms with Gasteiger partial charge >= 0.3 is 5.97 Å². The first kappa shape index (κ1) is 16.9. The van der Waals surface area contributed by atoms with E-state index in [1.54, 1.807) is 35.0 Å². The largest absolute Gasteiger partial charge is 0.464 e. The van der Waals surface area contributed by atoms with Crippen LogP contribution in [0, 0.1) is 10.8 Å². The van der Waals surface area contributed by atoms with Crippen LogP contribution < -0.4 is 5.56 Å². The zero-order valence-corrected chi connectivity index (χ0v) is 13.5. The average Bonchev–Trinajstić information content (AvgIpc) is 2.51. The van der Waals surface area contributed by atoms with Crippen molar-refractivity contribution in [1.82, 2.24) is 4.57 Å². The zero-order chi connectivity index (χ0) is 17.0. The summed E-state index contributed by atoms with van der Waals surface area (Å²) in [6, 6.07) is 6.33. The summed E-state index contributed by atoms with van der Waals surface area (Å²) in [4.78, 5) is 34.7. The smallest absolute Gasteiger partial charge is 0.302 e. The van der Waals surface area contributed by atoms with Crippen LogP contribution in [0.25, 0.3) is 10.8 Å². The molecule has 1 aromatic heterocycles. The van der Waals surface area contributed by atoms with Crippen LogP contribution in [0.3, 0.4) is 0 Å². The maximum Gasteiger partial charge on any atom is 0.302 e. The number of esters is 1. The number of nitroso groups, excluding NO2 is 1. The second-order valence-corrected chi connectivity index (χ2v) is 5.94. The molecule has 0 saturated heterocycles. The quantitative estimate of drug-likeness (QED) is 0.603. The predicted octanol–water partition coefficient (Wildman–Crippen LogP) is 3.55. The molecule has 0 fully saturated rings. The molecule has 23 heavy (non-hydrogen) atoms. The van der Waals surface area contributed by atoms with Crippen LogP contribution in [-0.4, -0.2) is 17.1 Å². The molecule has 0 N–H and O–H groups in total. The van der Waals surface area contributed by atoms with Crippen molar-refractivity contribution in [3.8, 4) is 0 Å². The van der Waals surface area contributed by atoms with Crippen LogP contribution in [0.2, 0.25) is 0 Å². The molecule has 0 bridgehead atoms. The van der Waals surface area contributed by atoms with Gasteiger partial charge in [0, 0.05) is 23.9 Å². The molecule has 0 amide bonds. The van der Waals surface area contributed by atoms with Gasteiger partial charge in [0.05, 0.1) is 6.04 Å². The lowest BCUT2D eigenvalue weighted by Crippen LogP contribution is -2.29. The van der Waals surface area contributed by atoms with Crippen molar-refractivity contribution in [3.63, 3.8) is 0 Å². The van der Waals surface area contributed by atoms with Crippen molar-refractivity contribution in [3.05, 3.63) is 45.7 Å². The first-order valence-corrected chi connectivity index (χ1v) is 7.54. The Labute approximate surface area is 134 Å². The number of fused-ring (bicyclic) bond motifs is 1. The molecular weight excluding hydrogens is 296 g/mol. The molecular formula is C17H20N2O4. The molecule has 2 rings (SSSR count). The SMILES string of the molecule is CC(=O)OCC(CC(C)C)n1ccc2c(N=O)cccc2c1=O. The van der Waals surface area contributed by atoms with E-state index in [4.69, 9.17) is 4.74 Å². The topological polar surface area (TPSA) is 77.7 Å². The number of carbonyl (C=O) groups excluding carboxylic acids is 1. The molecule has 0 aliphatic heterocycles. The third-order valence-electron chi connectivity index (χ3n) is 3.66. The summed E-state index contributed by atoms with van der Waals surface area (Å²) < 4.78 is 6.67. The van der Waals surface area contributed by atoms with Gasteiger partial charge < -0.3 is 9.30 Å². The van der Waals surface area contributed by atoms with Crippen LogP contribution in [0.5, 0.6) is 0 Å². The molecule has 6 heteroatoms. The first-order chi connectivity index (χ1) is 10.9. The minimum absolute atomic E-state index is 0.143. The van der Waals surface area contributed by atoms with E-state index in [0.29, 0.717) is 23.1 Å². The van der Waals surface area contributed by atoms with Crippen LogP contribution >= 0.6 is 0 Å². The van der Waals surface area contributed by atoms with Gasteiger partial charge in [-0.3, -0.25) is 9.59 Å². The van der Waals surface area contributed by atoms with Gasteiger partial charge in [0.25, 0.3) is 5.56 Å². The number of ether oxygens (including phenoxy) is 1. The Balaban J connectivity index is 2.50. The molecule has 1 atom stereocenters. The van der Waals surface area contributed by atoms with Crippen LogP contribution in [0.4, 0.5) is 5.69 Å². The van der Waals surface area contributed by atoms with E-state index in [2.05, 4.69) is 5.18 Å². The lowest BCUT2D eigenvalue weighted by atomic mass is 10.0. The Morgan fingerprint density at radius 2 is 2.00 bits per heavy atom. The molecule has 122 valence electrons. The number of rotatable bonds is 6. The van der Waals surface area contributed by atoms with Crippen molar-refractivity contribution < 1.29 is 9.53 Å². The Morgan fingerprint density at radius 3 is 2.61 bits per heavy atom. The van der Waals surface area contributed by atoms with Gasteiger partial charge in [-0.05, 0) is 35.7 Å². The fourth-order valence-corrected chi connectivity index (χ4v) is 2.66. The Bertz CT molecular complexity index is 780. The van der Waals surface area contributed by atoms with Gasteiger partial charge in [-0.25, -0.2) is 0 Å². The minimum Gasteiger partial charge on any atom is -0.464 e. The van der Waals surface area contributed by atoms with Gasteiger partial charge in [-0.2, -0.15) is 0 Å². The maximum atomic E-state index is 12.7. The monoisotopic (exact) mass is 316 g/mol. The normalized spacial score (nSPS) is 12.3. The van der Waals surface area contributed by atoms with E-state index in [1.165, 1.54) is 6.92 Å². The zero-order valence-electron chi connectivity index (χ0n) is 13.5. The van der Waals surface area contributed by atoms with E-state index < -0.39 is 0 Å². The van der Waals surface area contributed by atoms with Gasteiger partial charge in [0.1, 0.15) is 12.3 Å². The van der Waals surface area contributed by atoms with Crippen molar-refractivity contribution in [2.45, 2.75) is 33.2 Å². The van der Waals surface area contributed by atoms with Crippen molar-refractivity contribution in [2.75, 3.05) is 6.61 Å². The summed E-state index contributed by atoms with van der Waals surface area (Å²) in [6.07, 6.45) is 2.33. The lowest BCUT2D eigenvalue weighted by molar-refractivity contribution is -0.142. The molecule has 0 saturated carbocycles. The highest BCUT2D eigenvalue weighted by Gasteiger charge is 2.18. The minimum atomic E-state index is -0.375. The highest BCUT2D eigenvalue weighted by molar-refractivity contribution is 5.91. The van der Waals surface area contributed by atoms with E-state index in [9.17, 15) is 14.5 Å². The summed E-state index contributed by atoms with van der Waals surface area (Å²) in [6.45, 7) is 5.57. The number of carbonyl (C=O) groups is 1. The van der Waals surface area contributed by atoms with Gasteiger partial charge in [-0.15, -0.1) is 4.91 Å². The number of benzene rings is 1. The summed E-state index contributed by atoms with van der Waals surface area (Å²) in [7, 11) is 0. The van der Waals surface area contributed by atoms with E-state index in [0.717, 1.165) is 0 Å². The Kier molecular flexibility index (Phi) is 5.26. The fourth-order valence-electron chi connectivity index (χ4n) is 2.66. The average molecular weight is 316 g/mol. The van der Waals surface area contributed by atoms with Gasteiger partial charge in [-0.1, -0.05) is 19.9 Å². The molecule has 0 spiro atoms. The Morgan fingerprint density at radius 1 is 1.26 bits per heavy atom. The number of hydrogen-bond donors (Lipinski definition) is 0. The summed E-state index contributed by atoms with van der Waals surface area (Å²) in [5, 5.41) is 3.91. The van der Waals surface area contributed by atoms with E-state index in [-0.39, 0.29) is 29.9 Å². The highest BCUT2D eigenvalue weighted by Crippen LogP contribution is 2.25. The molecule has 6 nitrogen and oxygen atoms in total. The standard InChI is InChI=1S/C17H20N2O4/c1-11(2)9-13(10-23-12(3)20)19-8-7-14-15(17(19)21)5-4-6-16(14)18-22/h4-8,11,13H,9-10H2,1-3H3. The van der Waals surface area contributed by atoms with Crippen LogP contribution in [0.1, 0.15) is 33.2 Å². The predicted molar refractivity (Wildman–Crippen MR) is 88.8 cm³/mol. The van der Waals surface area contributed by atoms with E-state index >= 15 is 0 Å². The third-order valence-corrected chi connectivity index (χ3v) is 3.66.